The van der Waals surface area contributed by atoms with Crippen LogP contribution in [0.2, 0.25) is 0 Å². The topological polar surface area (TPSA) is 39.1 Å². The van der Waals surface area contributed by atoms with Crippen molar-refractivity contribution in [2.24, 2.45) is 7.05 Å². The van der Waals surface area contributed by atoms with Crippen molar-refractivity contribution in [1.82, 2.24) is 15.1 Å². The molecule has 0 saturated heterocycles. The molecule has 4 heteroatoms. The van der Waals surface area contributed by atoms with E-state index in [-0.39, 0.29) is 0 Å². The molecular formula is C13H17N3O. The van der Waals surface area contributed by atoms with Crippen molar-refractivity contribution in [3.05, 3.63) is 36.0 Å². The van der Waals surface area contributed by atoms with Gasteiger partial charge in [-0.25, -0.2) is 0 Å². The van der Waals surface area contributed by atoms with Gasteiger partial charge in [0.05, 0.1) is 12.8 Å². The number of ether oxygens (including phenoxy) is 1. The number of hydrogen-bond acceptors (Lipinski definition) is 3. The fourth-order valence-corrected chi connectivity index (χ4v) is 1.87. The Bertz CT molecular complexity index is 505. The Hall–Kier alpha value is -1.81. The summed E-state index contributed by atoms with van der Waals surface area (Å²) in [4.78, 5) is 0. The van der Waals surface area contributed by atoms with Gasteiger partial charge in [0.2, 0.25) is 0 Å². The lowest BCUT2D eigenvalue weighted by Gasteiger charge is -2.04. The van der Waals surface area contributed by atoms with Gasteiger partial charge in [-0.2, -0.15) is 5.10 Å². The fraction of sp³-hybridized carbons (Fsp3) is 0.308. The van der Waals surface area contributed by atoms with Gasteiger partial charge in [-0.15, -0.1) is 0 Å². The molecule has 1 N–H and O–H groups in total. The highest BCUT2D eigenvalue weighted by Gasteiger charge is 2.09. The minimum atomic E-state index is 0.806. The molecule has 0 atom stereocenters. The van der Waals surface area contributed by atoms with E-state index in [4.69, 9.17) is 4.74 Å². The van der Waals surface area contributed by atoms with Crippen molar-refractivity contribution < 1.29 is 4.74 Å². The quantitative estimate of drug-likeness (QED) is 0.872. The summed E-state index contributed by atoms with van der Waals surface area (Å²) in [5.41, 5.74) is 3.26. The van der Waals surface area contributed by atoms with Gasteiger partial charge in [0.25, 0.3) is 0 Å². The monoisotopic (exact) mass is 231 g/mol. The van der Waals surface area contributed by atoms with Gasteiger partial charge < -0.3 is 10.1 Å². The first-order chi connectivity index (χ1) is 8.24. The van der Waals surface area contributed by atoms with E-state index in [1.54, 1.807) is 7.11 Å². The Balaban J connectivity index is 2.43. The summed E-state index contributed by atoms with van der Waals surface area (Å²) in [5, 5.41) is 7.65. The van der Waals surface area contributed by atoms with E-state index < -0.39 is 0 Å². The number of rotatable bonds is 4. The highest BCUT2D eigenvalue weighted by atomic mass is 16.5. The molecule has 0 fully saturated rings. The molecule has 2 rings (SSSR count). The second-order valence-corrected chi connectivity index (χ2v) is 3.94. The molecule has 0 aliphatic rings. The smallest absolute Gasteiger partial charge is 0.119 e. The largest absolute Gasteiger partial charge is 0.497 e. The van der Waals surface area contributed by atoms with E-state index in [1.807, 2.05) is 49.2 Å². The Morgan fingerprint density at radius 3 is 2.94 bits per heavy atom. The van der Waals surface area contributed by atoms with Crippen molar-refractivity contribution >= 4 is 0 Å². The normalized spacial score (nSPS) is 10.5. The summed E-state index contributed by atoms with van der Waals surface area (Å²) >= 11 is 0. The zero-order valence-electron chi connectivity index (χ0n) is 10.4. The molecule has 4 nitrogen and oxygen atoms in total. The number of methoxy groups -OCH3 is 1. The maximum absolute atomic E-state index is 5.23. The van der Waals surface area contributed by atoms with E-state index in [2.05, 4.69) is 10.4 Å². The van der Waals surface area contributed by atoms with Crippen LogP contribution in [0.5, 0.6) is 5.75 Å². The zero-order chi connectivity index (χ0) is 12.3. The first kappa shape index (κ1) is 11.7. The highest BCUT2D eigenvalue weighted by molar-refractivity contribution is 5.64. The summed E-state index contributed by atoms with van der Waals surface area (Å²) in [5.74, 6) is 0.851. The van der Waals surface area contributed by atoms with E-state index in [9.17, 15) is 0 Å². The molecule has 0 aliphatic carbocycles. The van der Waals surface area contributed by atoms with Crippen LogP contribution in [-0.2, 0) is 13.6 Å². The number of hydrogen-bond donors (Lipinski definition) is 1. The SMILES string of the molecule is CNCc1cn(C)nc1-c1cccc(OC)c1. The molecule has 0 radical (unpaired) electrons. The van der Waals surface area contributed by atoms with E-state index in [0.717, 1.165) is 23.6 Å². The molecule has 0 spiro atoms. The lowest BCUT2D eigenvalue weighted by molar-refractivity contribution is 0.415. The van der Waals surface area contributed by atoms with Crippen LogP contribution in [0.3, 0.4) is 0 Å². The van der Waals surface area contributed by atoms with Crippen LogP contribution in [0, 0.1) is 0 Å². The summed E-state index contributed by atoms with van der Waals surface area (Å²) in [7, 11) is 5.54. The summed E-state index contributed by atoms with van der Waals surface area (Å²) < 4.78 is 7.07. The van der Waals surface area contributed by atoms with Gasteiger partial charge in [0.1, 0.15) is 5.75 Å². The number of aromatic nitrogens is 2. The highest BCUT2D eigenvalue weighted by Crippen LogP contribution is 2.25. The zero-order valence-corrected chi connectivity index (χ0v) is 10.4. The third-order valence-corrected chi connectivity index (χ3v) is 2.61. The molecule has 0 unspecified atom stereocenters. The van der Waals surface area contributed by atoms with Crippen molar-refractivity contribution in [2.45, 2.75) is 6.54 Å². The average Bonchev–Trinajstić information content (AvgIpc) is 2.71. The lowest BCUT2D eigenvalue weighted by Crippen LogP contribution is -2.05. The second kappa shape index (κ2) is 5.01. The van der Waals surface area contributed by atoms with Crippen LogP contribution in [0.1, 0.15) is 5.56 Å². The predicted octanol–water partition coefficient (Wildman–Crippen LogP) is 1.82. The average molecular weight is 231 g/mol. The summed E-state index contributed by atoms with van der Waals surface area (Å²) in [6.07, 6.45) is 2.03. The van der Waals surface area contributed by atoms with Gasteiger partial charge >= 0.3 is 0 Å². The molecule has 0 amide bonds. The minimum absolute atomic E-state index is 0.806. The van der Waals surface area contributed by atoms with E-state index in [1.165, 1.54) is 5.56 Å². The molecule has 1 aromatic carbocycles. The third kappa shape index (κ3) is 2.47. The first-order valence-corrected chi connectivity index (χ1v) is 5.56. The minimum Gasteiger partial charge on any atom is -0.497 e. The molecule has 90 valence electrons. The molecule has 1 heterocycles. The van der Waals surface area contributed by atoms with E-state index in [0.29, 0.717) is 0 Å². The maximum Gasteiger partial charge on any atom is 0.119 e. The maximum atomic E-state index is 5.23. The Morgan fingerprint density at radius 1 is 1.41 bits per heavy atom. The summed E-state index contributed by atoms with van der Waals surface area (Å²) in [6.45, 7) is 0.806. The van der Waals surface area contributed by atoms with Gasteiger partial charge in [-0.1, -0.05) is 12.1 Å². The predicted molar refractivity (Wildman–Crippen MR) is 68.0 cm³/mol. The molecule has 17 heavy (non-hydrogen) atoms. The number of aryl methyl sites for hydroxylation is 1. The Labute approximate surface area is 101 Å². The van der Waals surface area contributed by atoms with Gasteiger partial charge in [-0.05, 0) is 19.2 Å². The standard InChI is InChI=1S/C13H17N3O/c1-14-8-11-9-16(2)15-13(11)10-5-4-6-12(7-10)17-3/h4-7,9,14H,8H2,1-3H3. The first-order valence-electron chi connectivity index (χ1n) is 5.56. The van der Waals surface area contributed by atoms with Crippen LogP contribution in [0.4, 0.5) is 0 Å². The summed E-state index contributed by atoms with van der Waals surface area (Å²) in [6, 6.07) is 7.96. The molecule has 0 bridgehead atoms. The van der Waals surface area contributed by atoms with Crippen molar-refractivity contribution in [2.75, 3.05) is 14.2 Å². The Morgan fingerprint density at radius 2 is 2.24 bits per heavy atom. The van der Waals surface area contributed by atoms with Crippen LogP contribution in [0.15, 0.2) is 30.5 Å². The van der Waals surface area contributed by atoms with Crippen molar-refractivity contribution in [3.8, 4) is 17.0 Å². The van der Waals surface area contributed by atoms with Crippen molar-refractivity contribution in [1.29, 1.82) is 0 Å². The van der Waals surface area contributed by atoms with E-state index >= 15 is 0 Å². The second-order valence-electron chi connectivity index (χ2n) is 3.94. The number of nitrogens with one attached hydrogen (secondary N) is 1. The van der Waals surface area contributed by atoms with Crippen LogP contribution in [0.25, 0.3) is 11.3 Å². The lowest BCUT2D eigenvalue weighted by atomic mass is 10.1. The van der Waals surface area contributed by atoms with Crippen LogP contribution < -0.4 is 10.1 Å². The third-order valence-electron chi connectivity index (χ3n) is 2.61. The molecule has 1 aromatic heterocycles. The van der Waals surface area contributed by atoms with Crippen LogP contribution >= 0.6 is 0 Å². The molecule has 0 saturated carbocycles. The van der Waals surface area contributed by atoms with Gasteiger partial charge in [0, 0.05) is 30.9 Å². The molecular weight excluding hydrogens is 214 g/mol. The Kier molecular flexibility index (Phi) is 3.44. The fourth-order valence-electron chi connectivity index (χ4n) is 1.87. The number of benzene rings is 1. The van der Waals surface area contributed by atoms with Crippen LogP contribution in [-0.4, -0.2) is 23.9 Å². The molecule has 0 aliphatic heterocycles. The molecule has 2 aromatic rings. The van der Waals surface area contributed by atoms with Gasteiger partial charge in [-0.3, -0.25) is 4.68 Å². The van der Waals surface area contributed by atoms with Gasteiger partial charge in [0.15, 0.2) is 0 Å². The number of nitrogens with zero attached hydrogens (tertiary/aromatic N) is 2. The van der Waals surface area contributed by atoms with Crippen molar-refractivity contribution in [3.63, 3.8) is 0 Å².